The third-order valence-electron chi connectivity index (χ3n) is 4.55. The van der Waals surface area contributed by atoms with Gasteiger partial charge in [0.25, 0.3) is 0 Å². The third-order valence-corrected chi connectivity index (χ3v) is 5.89. The maximum absolute atomic E-state index is 5.95. The van der Waals surface area contributed by atoms with E-state index in [0.717, 1.165) is 72.1 Å². The monoisotopic (exact) mass is 432 g/mol. The van der Waals surface area contributed by atoms with Crippen molar-refractivity contribution in [2.45, 2.75) is 6.42 Å². The Morgan fingerprint density at radius 3 is 2.73 bits per heavy atom. The van der Waals surface area contributed by atoms with Crippen molar-refractivity contribution in [3.63, 3.8) is 0 Å². The van der Waals surface area contributed by atoms with E-state index in [4.69, 9.17) is 9.47 Å². The topological polar surface area (TPSA) is 34.6 Å². The van der Waals surface area contributed by atoms with Gasteiger partial charge in [-0.25, -0.2) is 0 Å². The van der Waals surface area contributed by atoms with E-state index in [9.17, 15) is 0 Å². The molecule has 0 aliphatic carbocycles. The largest absolute Gasteiger partial charge is 0.493 e. The van der Waals surface area contributed by atoms with Gasteiger partial charge in [-0.15, -0.1) is 0 Å². The fourth-order valence-corrected chi connectivity index (χ4v) is 4.22. The summed E-state index contributed by atoms with van der Waals surface area (Å²) < 4.78 is 18.2. The number of fused-ring (bicyclic) bond motifs is 1. The second-order valence-electron chi connectivity index (χ2n) is 6.35. The van der Waals surface area contributed by atoms with Crippen LogP contribution in [0.3, 0.4) is 0 Å². The van der Waals surface area contributed by atoms with Crippen molar-refractivity contribution < 1.29 is 9.47 Å². The average molecular weight is 433 g/mol. The van der Waals surface area contributed by atoms with Gasteiger partial charge in [0.05, 0.1) is 30.2 Å². The molecule has 3 aromatic rings. The Labute approximate surface area is 166 Å². The van der Waals surface area contributed by atoms with Crippen LogP contribution in [0.5, 0.6) is 5.75 Å². The third kappa shape index (κ3) is 4.26. The van der Waals surface area contributed by atoms with Crippen LogP contribution < -0.4 is 4.74 Å². The molecule has 1 aliphatic rings. The molecule has 0 N–H and O–H groups in total. The Kier molecular flexibility index (Phi) is 5.84. The summed E-state index contributed by atoms with van der Waals surface area (Å²) in [5.41, 5.74) is 2.18. The fourth-order valence-electron chi connectivity index (χ4n) is 3.13. The quantitative estimate of drug-likeness (QED) is 0.522. The predicted octanol–water partition coefficient (Wildman–Crippen LogP) is 4.83. The van der Waals surface area contributed by atoms with E-state index in [1.165, 1.54) is 16.9 Å². The highest BCUT2D eigenvalue weighted by atomic mass is 79.9. The molecule has 136 valence electrons. The van der Waals surface area contributed by atoms with Gasteiger partial charge >= 0.3 is 0 Å². The first-order chi connectivity index (χ1) is 12.8. The minimum Gasteiger partial charge on any atom is -0.493 e. The van der Waals surface area contributed by atoms with Crippen molar-refractivity contribution in [1.29, 1.82) is 0 Å². The Balaban J connectivity index is 1.38. The maximum atomic E-state index is 5.95. The molecule has 2 aromatic carbocycles. The summed E-state index contributed by atoms with van der Waals surface area (Å²) in [5.74, 6) is 0.922. The Hall–Kier alpha value is -1.47. The van der Waals surface area contributed by atoms with Crippen LogP contribution in [0.15, 0.2) is 46.9 Å². The van der Waals surface area contributed by atoms with E-state index < -0.39 is 0 Å². The van der Waals surface area contributed by atoms with Gasteiger partial charge in [-0.2, -0.15) is 4.37 Å². The lowest BCUT2D eigenvalue weighted by atomic mass is 10.1. The van der Waals surface area contributed by atoms with E-state index in [1.807, 2.05) is 18.2 Å². The number of aromatic nitrogens is 1. The van der Waals surface area contributed by atoms with E-state index in [0.29, 0.717) is 0 Å². The van der Waals surface area contributed by atoms with E-state index in [-0.39, 0.29) is 0 Å². The molecule has 4 rings (SSSR count). The summed E-state index contributed by atoms with van der Waals surface area (Å²) >= 11 is 5.00. The molecule has 0 saturated carbocycles. The first-order valence-electron chi connectivity index (χ1n) is 8.88. The van der Waals surface area contributed by atoms with Crippen LogP contribution in [-0.2, 0) is 4.74 Å². The highest BCUT2D eigenvalue weighted by Gasteiger charge is 2.11. The number of hydrogen-bond donors (Lipinski definition) is 0. The zero-order chi connectivity index (χ0) is 17.8. The van der Waals surface area contributed by atoms with Crippen LogP contribution >= 0.6 is 27.5 Å². The minimum absolute atomic E-state index is 0.737. The summed E-state index contributed by atoms with van der Waals surface area (Å²) in [5, 5.41) is 1.18. The number of nitrogens with zero attached hydrogens (tertiary/aromatic N) is 2. The van der Waals surface area contributed by atoms with Gasteiger partial charge < -0.3 is 9.47 Å². The fraction of sp³-hybridized carbons (Fsp3) is 0.350. The summed E-state index contributed by atoms with van der Waals surface area (Å²) in [6.07, 6.45) is 1.03. The first kappa shape index (κ1) is 17.9. The first-order valence-corrected chi connectivity index (χ1v) is 10.4. The molecule has 0 spiro atoms. The zero-order valence-electron chi connectivity index (χ0n) is 14.5. The lowest BCUT2D eigenvalue weighted by Gasteiger charge is -2.26. The molecule has 1 saturated heterocycles. The predicted molar refractivity (Wildman–Crippen MR) is 110 cm³/mol. The lowest BCUT2D eigenvalue weighted by Crippen LogP contribution is -2.37. The Morgan fingerprint density at radius 2 is 1.92 bits per heavy atom. The molecular formula is C20H21BrN2O2S. The number of benzene rings is 2. The van der Waals surface area contributed by atoms with Crippen molar-refractivity contribution in [1.82, 2.24) is 9.27 Å². The number of hydrogen-bond acceptors (Lipinski definition) is 5. The van der Waals surface area contributed by atoms with Crippen LogP contribution in [0, 0.1) is 0 Å². The molecule has 0 bridgehead atoms. The number of ether oxygens (including phenoxy) is 2. The van der Waals surface area contributed by atoms with Crippen LogP contribution in [0.25, 0.3) is 21.3 Å². The van der Waals surface area contributed by atoms with Crippen molar-refractivity contribution in [3.05, 3.63) is 46.9 Å². The molecule has 1 fully saturated rings. The Morgan fingerprint density at radius 1 is 1.12 bits per heavy atom. The highest BCUT2D eigenvalue weighted by Crippen LogP contribution is 2.33. The van der Waals surface area contributed by atoms with Gasteiger partial charge in [-0.1, -0.05) is 28.1 Å². The van der Waals surface area contributed by atoms with E-state index >= 15 is 0 Å². The highest BCUT2D eigenvalue weighted by molar-refractivity contribution is 9.10. The standard InChI is InChI=1S/C20H21BrN2O2S/c21-16-4-2-15(3-5-16)20-18-7-6-17(14-19(18)26-22-20)25-11-1-8-23-9-12-24-13-10-23/h2-7,14H,1,8-13H2. The van der Waals surface area contributed by atoms with Crippen LogP contribution in [0.2, 0.25) is 0 Å². The average Bonchev–Trinajstić information content (AvgIpc) is 3.10. The van der Waals surface area contributed by atoms with Gasteiger partial charge in [0, 0.05) is 35.1 Å². The molecule has 4 nitrogen and oxygen atoms in total. The summed E-state index contributed by atoms with van der Waals surface area (Å²) in [6.45, 7) is 5.58. The number of rotatable bonds is 6. The number of halogens is 1. The van der Waals surface area contributed by atoms with Gasteiger partial charge in [0.1, 0.15) is 5.75 Å². The van der Waals surface area contributed by atoms with E-state index in [2.05, 4.69) is 49.5 Å². The zero-order valence-corrected chi connectivity index (χ0v) is 16.9. The molecule has 26 heavy (non-hydrogen) atoms. The van der Waals surface area contributed by atoms with Gasteiger partial charge in [-0.3, -0.25) is 4.90 Å². The van der Waals surface area contributed by atoms with Crippen molar-refractivity contribution in [2.24, 2.45) is 0 Å². The normalized spacial score (nSPS) is 15.4. The molecule has 0 unspecified atom stereocenters. The van der Waals surface area contributed by atoms with Crippen LogP contribution in [0.4, 0.5) is 0 Å². The summed E-state index contributed by atoms with van der Waals surface area (Å²) in [7, 11) is 0. The van der Waals surface area contributed by atoms with Crippen LogP contribution in [0.1, 0.15) is 6.42 Å². The van der Waals surface area contributed by atoms with Gasteiger partial charge in [-0.05, 0) is 48.3 Å². The Bertz CT molecular complexity index is 860. The molecule has 0 radical (unpaired) electrons. The molecule has 0 amide bonds. The van der Waals surface area contributed by atoms with Gasteiger partial charge in [0.15, 0.2) is 0 Å². The maximum Gasteiger partial charge on any atom is 0.120 e. The number of morpholine rings is 1. The smallest absolute Gasteiger partial charge is 0.120 e. The summed E-state index contributed by atoms with van der Waals surface area (Å²) in [6, 6.07) is 14.5. The van der Waals surface area contributed by atoms with Crippen molar-refractivity contribution in [2.75, 3.05) is 39.5 Å². The SMILES string of the molecule is Brc1ccc(-c2nsc3cc(OCCCN4CCOCC4)ccc23)cc1. The van der Waals surface area contributed by atoms with Crippen LogP contribution in [-0.4, -0.2) is 48.7 Å². The molecule has 0 atom stereocenters. The van der Waals surface area contributed by atoms with Crippen molar-refractivity contribution in [3.8, 4) is 17.0 Å². The minimum atomic E-state index is 0.737. The second-order valence-corrected chi connectivity index (χ2v) is 8.07. The second kappa shape index (κ2) is 8.48. The lowest BCUT2D eigenvalue weighted by molar-refractivity contribution is 0.0358. The molecule has 6 heteroatoms. The van der Waals surface area contributed by atoms with Crippen molar-refractivity contribution >= 4 is 37.5 Å². The van der Waals surface area contributed by atoms with E-state index in [1.54, 1.807) is 0 Å². The molecule has 1 aliphatic heterocycles. The molecule has 2 heterocycles. The summed E-state index contributed by atoms with van der Waals surface area (Å²) in [4.78, 5) is 2.43. The van der Waals surface area contributed by atoms with Gasteiger partial charge in [0.2, 0.25) is 0 Å². The molecular weight excluding hydrogens is 412 g/mol. The molecule has 1 aromatic heterocycles.